The minimum absolute atomic E-state index is 0.00204. The summed E-state index contributed by atoms with van der Waals surface area (Å²) in [6.07, 6.45) is 2.86. The molecule has 0 aliphatic rings. The number of hydrogen-bond acceptors (Lipinski definition) is 4. The first-order chi connectivity index (χ1) is 11.8. The lowest BCUT2D eigenvalue weighted by Crippen LogP contribution is -2.32. The van der Waals surface area contributed by atoms with Gasteiger partial charge in [-0.2, -0.15) is 0 Å². The maximum Gasteiger partial charge on any atom is 0.176 e. The molecule has 1 N–H and O–H groups in total. The zero-order chi connectivity index (χ0) is 18.6. The number of halogens is 1. The number of phenolic OH excluding ortho intramolecular Hbond substituents is 1. The van der Waals surface area contributed by atoms with E-state index in [1.54, 1.807) is 18.2 Å². The van der Waals surface area contributed by atoms with E-state index in [9.17, 15) is 19.1 Å². The number of aromatic hydroxyl groups is 1. The number of ketones is 2. The molecular formula is C20H19FO4. The van der Waals surface area contributed by atoms with Crippen LogP contribution in [0.2, 0.25) is 0 Å². The molecule has 25 heavy (non-hydrogen) atoms. The lowest BCUT2D eigenvalue weighted by molar-refractivity contribution is -0.120. The van der Waals surface area contributed by atoms with E-state index in [4.69, 9.17) is 4.74 Å². The van der Waals surface area contributed by atoms with E-state index in [2.05, 4.69) is 0 Å². The molecule has 0 radical (unpaired) electrons. The average Bonchev–Trinajstić information content (AvgIpc) is 2.60. The van der Waals surface area contributed by atoms with Crippen molar-refractivity contribution in [2.75, 3.05) is 7.11 Å². The van der Waals surface area contributed by atoms with E-state index in [0.717, 1.165) is 0 Å². The second-order valence-corrected chi connectivity index (χ2v) is 6.09. The van der Waals surface area contributed by atoms with Crippen molar-refractivity contribution >= 4 is 17.6 Å². The van der Waals surface area contributed by atoms with Crippen LogP contribution in [0.4, 0.5) is 4.39 Å². The molecule has 0 saturated heterocycles. The summed E-state index contributed by atoms with van der Waals surface area (Å²) >= 11 is 0. The van der Waals surface area contributed by atoms with Gasteiger partial charge in [0.25, 0.3) is 0 Å². The molecule has 0 aliphatic heterocycles. The Labute approximate surface area is 145 Å². The van der Waals surface area contributed by atoms with Crippen molar-refractivity contribution in [2.45, 2.75) is 13.8 Å². The predicted molar refractivity (Wildman–Crippen MR) is 93.2 cm³/mol. The van der Waals surface area contributed by atoms with Crippen LogP contribution in [0.1, 0.15) is 29.8 Å². The van der Waals surface area contributed by atoms with E-state index in [0.29, 0.717) is 5.56 Å². The van der Waals surface area contributed by atoms with Crippen LogP contribution in [0.5, 0.6) is 11.5 Å². The normalized spacial score (nSPS) is 11.5. The van der Waals surface area contributed by atoms with Crippen LogP contribution < -0.4 is 4.74 Å². The molecule has 0 atom stereocenters. The van der Waals surface area contributed by atoms with Gasteiger partial charge in [0.15, 0.2) is 23.1 Å². The number of ether oxygens (including phenoxy) is 1. The van der Waals surface area contributed by atoms with Crippen LogP contribution in [0.15, 0.2) is 48.5 Å². The van der Waals surface area contributed by atoms with Crippen LogP contribution in [-0.2, 0) is 4.79 Å². The number of allylic oxidation sites excluding steroid dienone is 1. The fraction of sp³-hybridized carbons (Fsp3) is 0.200. The van der Waals surface area contributed by atoms with Crippen molar-refractivity contribution in [3.63, 3.8) is 0 Å². The summed E-state index contributed by atoms with van der Waals surface area (Å²) in [7, 11) is 1.43. The highest BCUT2D eigenvalue weighted by Gasteiger charge is 2.34. The molecule has 0 heterocycles. The number of Topliss-reactive ketones (excluding diaryl/α,β-unsaturated/α-hetero) is 1. The highest BCUT2D eigenvalue weighted by atomic mass is 19.1. The van der Waals surface area contributed by atoms with Gasteiger partial charge in [-0.1, -0.05) is 12.1 Å². The van der Waals surface area contributed by atoms with Gasteiger partial charge in [-0.25, -0.2) is 4.39 Å². The standard InChI is InChI=1S/C20H19FO4/c1-20(2,19(24)14-6-8-15(21)9-7-14)18(23)11-5-13-4-10-16(22)17(12-13)25-3/h4-12,22H,1-3H3. The number of benzene rings is 2. The SMILES string of the molecule is COc1cc(C=CC(=O)C(C)(C)C(=O)c2ccc(F)cc2)ccc1O. The van der Waals surface area contributed by atoms with Crippen LogP contribution in [0.25, 0.3) is 6.08 Å². The highest BCUT2D eigenvalue weighted by molar-refractivity contribution is 6.17. The van der Waals surface area contributed by atoms with Gasteiger partial charge in [0.2, 0.25) is 0 Å². The van der Waals surface area contributed by atoms with E-state index < -0.39 is 11.2 Å². The molecule has 0 amide bonds. The van der Waals surface area contributed by atoms with E-state index in [-0.39, 0.29) is 28.6 Å². The summed E-state index contributed by atoms with van der Waals surface area (Å²) in [4.78, 5) is 25.0. The van der Waals surface area contributed by atoms with Gasteiger partial charge in [0.1, 0.15) is 5.82 Å². The second-order valence-electron chi connectivity index (χ2n) is 6.09. The summed E-state index contributed by atoms with van der Waals surface area (Å²) in [5.41, 5.74) is -0.359. The summed E-state index contributed by atoms with van der Waals surface area (Å²) in [6.45, 7) is 3.06. The minimum atomic E-state index is -1.28. The first-order valence-electron chi connectivity index (χ1n) is 7.65. The molecule has 0 fully saturated rings. The van der Waals surface area contributed by atoms with Gasteiger partial charge in [-0.05, 0) is 61.9 Å². The van der Waals surface area contributed by atoms with Crippen molar-refractivity contribution in [2.24, 2.45) is 5.41 Å². The summed E-state index contributed by atoms with van der Waals surface area (Å²) in [5, 5.41) is 9.57. The maximum absolute atomic E-state index is 13.0. The number of carbonyl (C=O) groups is 2. The Kier molecular flexibility index (Phi) is 5.37. The van der Waals surface area contributed by atoms with E-state index in [1.165, 1.54) is 57.4 Å². The van der Waals surface area contributed by atoms with Crippen molar-refractivity contribution in [1.29, 1.82) is 0 Å². The highest BCUT2D eigenvalue weighted by Crippen LogP contribution is 2.28. The zero-order valence-corrected chi connectivity index (χ0v) is 14.2. The fourth-order valence-corrected chi connectivity index (χ4v) is 2.25. The Morgan fingerprint density at radius 2 is 1.76 bits per heavy atom. The third kappa shape index (κ3) is 4.12. The van der Waals surface area contributed by atoms with Gasteiger partial charge in [0.05, 0.1) is 12.5 Å². The van der Waals surface area contributed by atoms with Crippen LogP contribution in [0, 0.1) is 11.2 Å². The number of methoxy groups -OCH3 is 1. The van der Waals surface area contributed by atoms with Crippen molar-refractivity contribution < 1.29 is 23.8 Å². The first kappa shape index (κ1) is 18.4. The van der Waals surface area contributed by atoms with E-state index >= 15 is 0 Å². The molecule has 4 nitrogen and oxygen atoms in total. The molecule has 5 heteroatoms. The lowest BCUT2D eigenvalue weighted by atomic mass is 9.80. The van der Waals surface area contributed by atoms with Gasteiger partial charge in [-0.15, -0.1) is 0 Å². The number of hydrogen-bond donors (Lipinski definition) is 1. The third-order valence-corrected chi connectivity index (χ3v) is 3.92. The molecule has 0 spiro atoms. The molecule has 0 aliphatic carbocycles. The van der Waals surface area contributed by atoms with Crippen LogP contribution >= 0.6 is 0 Å². The Hall–Kier alpha value is -2.95. The molecule has 0 aromatic heterocycles. The molecular weight excluding hydrogens is 323 g/mol. The summed E-state index contributed by atoms with van der Waals surface area (Å²) in [5.74, 6) is -0.921. The molecule has 0 unspecified atom stereocenters. The summed E-state index contributed by atoms with van der Waals surface area (Å²) < 4.78 is 18.0. The summed E-state index contributed by atoms with van der Waals surface area (Å²) in [6, 6.07) is 9.75. The van der Waals surface area contributed by atoms with Crippen molar-refractivity contribution in [1.82, 2.24) is 0 Å². The van der Waals surface area contributed by atoms with Crippen molar-refractivity contribution in [3.8, 4) is 11.5 Å². The van der Waals surface area contributed by atoms with Crippen molar-refractivity contribution in [3.05, 3.63) is 65.5 Å². The zero-order valence-electron chi connectivity index (χ0n) is 14.2. The largest absolute Gasteiger partial charge is 0.504 e. The Bertz CT molecular complexity index is 820. The van der Waals surface area contributed by atoms with Gasteiger partial charge < -0.3 is 9.84 Å². The smallest absolute Gasteiger partial charge is 0.176 e. The molecule has 2 aromatic rings. The van der Waals surface area contributed by atoms with Gasteiger partial charge in [0, 0.05) is 5.56 Å². The Balaban J connectivity index is 2.20. The number of rotatable bonds is 6. The average molecular weight is 342 g/mol. The quantitative estimate of drug-likeness (QED) is 0.489. The topological polar surface area (TPSA) is 63.6 Å². The number of phenols is 1. The monoisotopic (exact) mass is 342 g/mol. The molecule has 0 bridgehead atoms. The first-order valence-corrected chi connectivity index (χ1v) is 7.65. The Morgan fingerprint density at radius 1 is 1.12 bits per heavy atom. The maximum atomic E-state index is 13.0. The predicted octanol–water partition coefficient (Wildman–Crippen LogP) is 4.03. The lowest BCUT2D eigenvalue weighted by Gasteiger charge is -2.19. The second kappa shape index (κ2) is 7.30. The van der Waals surface area contributed by atoms with Crippen LogP contribution in [0.3, 0.4) is 0 Å². The molecule has 130 valence electrons. The molecule has 2 aromatic carbocycles. The van der Waals surface area contributed by atoms with E-state index in [1.807, 2.05) is 0 Å². The fourth-order valence-electron chi connectivity index (χ4n) is 2.25. The molecule has 0 saturated carbocycles. The number of carbonyl (C=O) groups excluding carboxylic acids is 2. The molecule has 2 rings (SSSR count). The minimum Gasteiger partial charge on any atom is -0.504 e. The van der Waals surface area contributed by atoms with Gasteiger partial charge >= 0.3 is 0 Å². The van der Waals surface area contributed by atoms with Gasteiger partial charge in [-0.3, -0.25) is 9.59 Å². The Morgan fingerprint density at radius 3 is 2.36 bits per heavy atom. The third-order valence-electron chi connectivity index (χ3n) is 3.92. The van der Waals surface area contributed by atoms with Crippen LogP contribution in [-0.4, -0.2) is 23.8 Å².